The van der Waals surface area contributed by atoms with E-state index < -0.39 is 0 Å². The van der Waals surface area contributed by atoms with Gasteiger partial charge in [0.1, 0.15) is 5.82 Å². The van der Waals surface area contributed by atoms with E-state index in [-0.39, 0.29) is 12.3 Å². The average molecular weight is 420 g/mol. The summed E-state index contributed by atoms with van der Waals surface area (Å²) in [6.07, 6.45) is 0.773. The normalized spacial score (nSPS) is 10.9. The summed E-state index contributed by atoms with van der Waals surface area (Å²) >= 11 is 1.63. The zero-order valence-corrected chi connectivity index (χ0v) is 18.0. The van der Waals surface area contributed by atoms with E-state index in [4.69, 9.17) is 5.73 Å². The van der Waals surface area contributed by atoms with Crippen molar-refractivity contribution in [1.82, 2.24) is 14.8 Å². The molecule has 1 amide bonds. The Kier molecular flexibility index (Phi) is 7.26. The average Bonchev–Trinajstić information content (AvgIpc) is 3.12. The number of thioether (sulfide) groups is 1. The molecule has 0 aliphatic carbocycles. The van der Waals surface area contributed by atoms with Gasteiger partial charge in [0, 0.05) is 25.1 Å². The number of nitriles is 1. The highest BCUT2D eigenvalue weighted by atomic mass is 32.2. The Hall–Kier alpha value is -3.11. The van der Waals surface area contributed by atoms with Crippen LogP contribution in [0.2, 0.25) is 0 Å². The van der Waals surface area contributed by atoms with Gasteiger partial charge in [-0.1, -0.05) is 68.1 Å². The summed E-state index contributed by atoms with van der Waals surface area (Å²) in [4.78, 5) is 11.1. The van der Waals surface area contributed by atoms with E-state index in [2.05, 4.69) is 46.8 Å². The van der Waals surface area contributed by atoms with Crippen molar-refractivity contribution >= 4 is 17.7 Å². The molecule has 1 aromatic heterocycles. The van der Waals surface area contributed by atoms with Crippen molar-refractivity contribution in [2.45, 2.75) is 44.1 Å². The molecule has 0 saturated heterocycles. The van der Waals surface area contributed by atoms with Gasteiger partial charge in [-0.15, -0.1) is 10.2 Å². The summed E-state index contributed by atoms with van der Waals surface area (Å²) in [5, 5.41) is 18.8. The largest absolute Gasteiger partial charge is 0.370 e. The fraction of sp³-hybridized carbons (Fsp3) is 0.304. The number of nitrogens with two attached hydrogens (primary N) is 1. The van der Waals surface area contributed by atoms with Crippen LogP contribution in [0.3, 0.4) is 0 Å². The minimum atomic E-state index is -0.332. The van der Waals surface area contributed by atoms with E-state index in [9.17, 15) is 10.1 Å². The van der Waals surface area contributed by atoms with Gasteiger partial charge in [0.15, 0.2) is 5.16 Å². The first-order valence-corrected chi connectivity index (χ1v) is 10.9. The second-order valence-electron chi connectivity index (χ2n) is 7.51. The van der Waals surface area contributed by atoms with Gasteiger partial charge in [-0.05, 0) is 28.7 Å². The molecule has 2 N–H and O–H groups in total. The lowest BCUT2D eigenvalue weighted by atomic mass is 10.00. The Balaban J connectivity index is 1.72. The number of carbonyl (C=O) groups is 1. The van der Waals surface area contributed by atoms with Crippen LogP contribution in [0.1, 0.15) is 37.2 Å². The van der Waals surface area contributed by atoms with Crippen molar-refractivity contribution in [3.63, 3.8) is 0 Å². The highest BCUT2D eigenvalue weighted by molar-refractivity contribution is 7.98. The second-order valence-corrected chi connectivity index (χ2v) is 8.46. The van der Waals surface area contributed by atoms with E-state index in [0.29, 0.717) is 17.9 Å². The monoisotopic (exact) mass is 419 g/mol. The Morgan fingerprint density at radius 3 is 2.57 bits per heavy atom. The van der Waals surface area contributed by atoms with Gasteiger partial charge in [-0.25, -0.2) is 0 Å². The molecule has 0 saturated carbocycles. The number of carbonyl (C=O) groups excluding carboxylic acids is 1. The maximum atomic E-state index is 11.1. The fourth-order valence-corrected chi connectivity index (χ4v) is 4.08. The highest BCUT2D eigenvalue weighted by Crippen LogP contribution is 2.27. The van der Waals surface area contributed by atoms with Crippen molar-refractivity contribution in [2.75, 3.05) is 0 Å². The molecule has 0 aliphatic rings. The van der Waals surface area contributed by atoms with Crippen LogP contribution in [0.4, 0.5) is 0 Å². The van der Waals surface area contributed by atoms with Crippen LogP contribution in [0.25, 0.3) is 11.1 Å². The van der Waals surface area contributed by atoms with Crippen molar-refractivity contribution < 1.29 is 4.79 Å². The van der Waals surface area contributed by atoms with E-state index in [1.165, 1.54) is 0 Å². The van der Waals surface area contributed by atoms with Crippen LogP contribution in [-0.4, -0.2) is 20.7 Å². The predicted octanol–water partition coefficient (Wildman–Crippen LogP) is 4.18. The minimum Gasteiger partial charge on any atom is -0.370 e. The third-order valence-corrected chi connectivity index (χ3v) is 5.65. The van der Waals surface area contributed by atoms with Crippen LogP contribution in [0, 0.1) is 17.2 Å². The quantitative estimate of drug-likeness (QED) is 0.525. The first-order valence-electron chi connectivity index (χ1n) is 9.89. The number of nitrogens with zero attached hydrogens (tertiary/aromatic N) is 4. The third-order valence-electron chi connectivity index (χ3n) is 4.62. The highest BCUT2D eigenvalue weighted by Gasteiger charge is 2.15. The molecular weight excluding hydrogens is 394 g/mol. The summed E-state index contributed by atoms with van der Waals surface area (Å²) in [5.74, 6) is 1.66. The van der Waals surface area contributed by atoms with Gasteiger partial charge in [0.25, 0.3) is 0 Å². The summed E-state index contributed by atoms with van der Waals surface area (Å²) in [6.45, 7) is 5.08. The molecule has 154 valence electrons. The van der Waals surface area contributed by atoms with Crippen LogP contribution in [0.15, 0.2) is 53.7 Å². The zero-order chi connectivity index (χ0) is 21.5. The summed E-state index contributed by atoms with van der Waals surface area (Å²) < 4.78 is 2.09. The molecule has 2 aromatic carbocycles. The molecule has 0 bridgehead atoms. The number of amides is 1. The molecule has 0 unspecified atom stereocenters. The Morgan fingerprint density at radius 1 is 1.17 bits per heavy atom. The molecule has 7 heteroatoms. The molecule has 0 radical (unpaired) electrons. The lowest BCUT2D eigenvalue weighted by Gasteiger charge is -2.12. The van der Waals surface area contributed by atoms with E-state index in [1.807, 2.05) is 36.4 Å². The smallest absolute Gasteiger partial charge is 0.217 e. The minimum absolute atomic E-state index is 0.270. The molecule has 30 heavy (non-hydrogen) atoms. The maximum absolute atomic E-state index is 11.1. The van der Waals surface area contributed by atoms with Crippen LogP contribution >= 0.6 is 11.8 Å². The Labute approximate surface area is 181 Å². The third kappa shape index (κ3) is 5.49. The maximum Gasteiger partial charge on any atom is 0.217 e. The molecule has 3 rings (SSSR count). The molecule has 0 aliphatic heterocycles. The standard InChI is InChI=1S/C23H25N5OS/c1-16(2)14-28-22(12-11-21(25)29)26-27-23(28)30-15-17-7-9-18(10-8-17)20-6-4-3-5-19(20)13-24/h3-10,16H,11-12,14-15H2,1-2H3,(H2,25,29). The first kappa shape index (κ1) is 21.6. The van der Waals surface area contributed by atoms with Gasteiger partial charge in [-0.2, -0.15) is 5.26 Å². The SMILES string of the molecule is CC(C)Cn1c(CCC(N)=O)nnc1SCc1ccc(-c2ccccc2C#N)cc1. The van der Waals surface area contributed by atoms with Crippen molar-refractivity contribution in [3.8, 4) is 17.2 Å². The molecule has 0 atom stereocenters. The zero-order valence-electron chi connectivity index (χ0n) is 17.2. The second kappa shape index (κ2) is 10.1. The molecule has 1 heterocycles. The fourth-order valence-electron chi connectivity index (χ4n) is 3.15. The molecule has 6 nitrogen and oxygen atoms in total. The van der Waals surface area contributed by atoms with E-state index in [0.717, 1.165) is 40.0 Å². The number of benzene rings is 2. The molecule has 3 aromatic rings. The Bertz CT molecular complexity index is 1050. The Morgan fingerprint density at radius 2 is 1.90 bits per heavy atom. The van der Waals surface area contributed by atoms with Crippen LogP contribution in [0.5, 0.6) is 0 Å². The van der Waals surface area contributed by atoms with Crippen molar-refractivity contribution in [1.29, 1.82) is 5.26 Å². The number of aromatic nitrogens is 3. The lowest BCUT2D eigenvalue weighted by molar-refractivity contribution is -0.118. The number of rotatable bonds is 9. The van der Waals surface area contributed by atoms with Gasteiger partial charge in [0.2, 0.25) is 5.91 Å². The molecule has 0 spiro atoms. The summed E-state index contributed by atoms with van der Waals surface area (Å²) in [5.41, 5.74) is 9.09. The van der Waals surface area contributed by atoms with Gasteiger partial charge >= 0.3 is 0 Å². The summed E-state index contributed by atoms with van der Waals surface area (Å²) in [7, 11) is 0. The predicted molar refractivity (Wildman–Crippen MR) is 119 cm³/mol. The van der Waals surface area contributed by atoms with Crippen molar-refractivity contribution in [2.24, 2.45) is 11.7 Å². The van der Waals surface area contributed by atoms with E-state index in [1.54, 1.807) is 11.8 Å². The number of primary amides is 1. The number of hydrogen-bond donors (Lipinski definition) is 1. The molecular formula is C23H25N5OS. The van der Waals surface area contributed by atoms with Gasteiger partial charge < -0.3 is 10.3 Å². The van der Waals surface area contributed by atoms with Crippen LogP contribution in [-0.2, 0) is 23.5 Å². The van der Waals surface area contributed by atoms with E-state index >= 15 is 0 Å². The first-order chi connectivity index (χ1) is 14.5. The summed E-state index contributed by atoms with van der Waals surface area (Å²) in [6, 6.07) is 18.1. The topological polar surface area (TPSA) is 97.6 Å². The lowest BCUT2D eigenvalue weighted by Crippen LogP contribution is -2.15. The number of aryl methyl sites for hydroxylation is 1. The van der Waals surface area contributed by atoms with Crippen molar-refractivity contribution in [3.05, 3.63) is 65.5 Å². The van der Waals surface area contributed by atoms with Gasteiger partial charge in [-0.3, -0.25) is 4.79 Å². The van der Waals surface area contributed by atoms with Crippen LogP contribution < -0.4 is 5.73 Å². The van der Waals surface area contributed by atoms with Gasteiger partial charge in [0.05, 0.1) is 11.6 Å². The number of hydrogen-bond acceptors (Lipinski definition) is 5. The molecule has 0 fully saturated rings.